The van der Waals surface area contributed by atoms with Crippen molar-refractivity contribution >= 4 is 11.9 Å². The van der Waals surface area contributed by atoms with Crippen molar-refractivity contribution in [3.63, 3.8) is 0 Å². The Kier molecular flexibility index (Phi) is 4.11. The summed E-state index contributed by atoms with van der Waals surface area (Å²) in [6, 6.07) is 4.78. The molecular formula is C13H13N3O4. The van der Waals surface area contributed by atoms with Gasteiger partial charge in [-0.05, 0) is 12.1 Å². The maximum Gasteiger partial charge on any atom is 0.349 e. The number of phenolic OH excluding ortho intramolecular Hbond substituents is 1. The first-order valence-electron chi connectivity index (χ1n) is 5.85. The van der Waals surface area contributed by atoms with Gasteiger partial charge in [-0.1, -0.05) is 12.1 Å². The van der Waals surface area contributed by atoms with Crippen LogP contribution in [0, 0.1) is 0 Å². The van der Waals surface area contributed by atoms with Crippen molar-refractivity contribution in [2.45, 2.75) is 12.5 Å². The standard InChI is InChI=1S/C13H13N3O4/c14-10(5-8-6-15-7-16-8)13(19)20-12(18)9-3-1-2-4-11(9)17/h1-4,6-7,10,17H,5,14H2,(H,15,16)/t10-/m0/s1. The van der Waals surface area contributed by atoms with Crippen LogP contribution in [0.25, 0.3) is 0 Å². The highest BCUT2D eigenvalue weighted by atomic mass is 16.6. The molecule has 104 valence electrons. The van der Waals surface area contributed by atoms with Gasteiger partial charge in [-0.15, -0.1) is 0 Å². The summed E-state index contributed by atoms with van der Waals surface area (Å²) in [6.45, 7) is 0. The number of carbonyl (C=O) groups is 2. The van der Waals surface area contributed by atoms with E-state index < -0.39 is 18.0 Å². The molecule has 0 radical (unpaired) electrons. The minimum atomic E-state index is -0.995. The molecule has 0 bridgehead atoms. The number of phenols is 1. The molecule has 4 N–H and O–H groups in total. The van der Waals surface area contributed by atoms with E-state index in [2.05, 4.69) is 14.7 Å². The van der Waals surface area contributed by atoms with Gasteiger partial charge in [0.2, 0.25) is 0 Å². The molecule has 2 aromatic rings. The second-order valence-corrected chi connectivity index (χ2v) is 4.11. The maximum atomic E-state index is 11.7. The van der Waals surface area contributed by atoms with Gasteiger partial charge in [0.15, 0.2) is 0 Å². The van der Waals surface area contributed by atoms with E-state index in [0.29, 0.717) is 5.69 Å². The monoisotopic (exact) mass is 275 g/mol. The molecule has 7 nitrogen and oxygen atoms in total. The summed E-state index contributed by atoms with van der Waals surface area (Å²) in [7, 11) is 0. The first-order valence-corrected chi connectivity index (χ1v) is 5.85. The van der Waals surface area contributed by atoms with Crippen molar-refractivity contribution in [1.82, 2.24) is 9.97 Å². The Morgan fingerprint density at radius 2 is 2.15 bits per heavy atom. The quantitative estimate of drug-likeness (QED) is 0.548. The SMILES string of the molecule is N[C@@H](Cc1cnc[nH]1)C(=O)OC(=O)c1ccccc1O. The molecule has 0 saturated carbocycles. The van der Waals surface area contributed by atoms with Crippen LogP contribution in [-0.4, -0.2) is 33.1 Å². The molecule has 1 aromatic heterocycles. The van der Waals surface area contributed by atoms with Crippen LogP contribution < -0.4 is 5.73 Å². The number of rotatable bonds is 4. The van der Waals surface area contributed by atoms with E-state index in [0.717, 1.165) is 0 Å². The lowest BCUT2D eigenvalue weighted by molar-refractivity contribution is -0.139. The molecule has 20 heavy (non-hydrogen) atoms. The number of aromatic amines is 1. The zero-order valence-corrected chi connectivity index (χ0v) is 10.4. The number of hydrogen-bond donors (Lipinski definition) is 3. The third-order valence-corrected chi connectivity index (χ3v) is 2.61. The number of carbonyl (C=O) groups excluding carboxylic acids is 2. The van der Waals surface area contributed by atoms with Gasteiger partial charge in [0, 0.05) is 18.3 Å². The van der Waals surface area contributed by atoms with E-state index in [9.17, 15) is 14.7 Å². The van der Waals surface area contributed by atoms with E-state index in [4.69, 9.17) is 5.73 Å². The van der Waals surface area contributed by atoms with Gasteiger partial charge in [-0.25, -0.2) is 14.6 Å². The van der Waals surface area contributed by atoms with Crippen LogP contribution in [0.5, 0.6) is 5.75 Å². The average Bonchev–Trinajstić information content (AvgIpc) is 2.91. The van der Waals surface area contributed by atoms with Crippen molar-refractivity contribution in [3.05, 3.63) is 48.0 Å². The molecule has 0 unspecified atom stereocenters. The Hall–Kier alpha value is -2.67. The van der Waals surface area contributed by atoms with Crippen LogP contribution in [0.2, 0.25) is 0 Å². The fourth-order valence-corrected chi connectivity index (χ4v) is 1.58. The van der Waals surface area contributed by atoms with Gasteiger partial charge >= 0.3 is 11.9 Å². The Balaban J connectivity index is 1.97. The topological polar surface area (TPSA) is 118 Å². The van der Waals surface area contributed by atoms with Crippen molar-refractivity contribution in [2.24, 2.45) is 5.73 Å². The summed E-state index contributed by atoms with van der Waals surface area (Å²) in [5.74, 6) is -2.06. The molecule has 0 fully saturated rings. The maximum absolute atomic E-state index is 11.7. The number of imidazole rings is 1. The van der Waals surface area contributed by atoms with Crippen LogP contribution in [0.15, 0.2) is 36.8 Å². The largest absolute Gasteiger partial charge is 0.507 e. The van der Waals surface area contributed by atoms with Crippen molar-refractivity contribution < 1.29 is 19.4 Å². The lowest BCUT2D eigenvalue weighted by atomic mass is 10.2. The van der Waals surface area contributed by atoms with Crippen LogP contribution >= 0.6 is 0 Å². The van der Waals surface area contributed by atoms with Crippen LogP contribution in [0.3, 0.4) is 0 Å². The number of aromatic nitrogens is 2. The van der Waals surface area contributed by atoms with Gasteiger partial charge in [0.1, 0.15) is 17.4 Å². The average molecular weight is 275 g/mol. The van der Waals surface area contributed by atoms with Gasteiger partial charge in [-0.2, -0.15) is 0 Å². The van der Waals surface area contributed by atoms with E-state index in [1.54, 1.807) is 12.1 Å². The Morgan fingerprint density at radius 3 is 2.80 bits per heavy atom. The minimum Gasteiger partial charge on any atom is -0.507 e. The number of aromatic hydroxyl groups is 1. The van der Waals surface area contributed by atoms with Gasteiger partial charge in [0.25, 0.3) is 0 Å². The number of nitrogens with one attached hydrogen (secondary N) is 1. The Morgan fingerprint density at radius 1 is 1.40 bits per heavy atom. The Bertz CT molecular complexity index is 610. The molecule has 0 aliphatic carbocycles. The molecule has 0 saturated heterocycles. The zero-order chi connectivity index (χ0) is 14.5. The summed E-state index contributed by atoms with van der Waals surface area (Å²) in [4.78, 5) is 30.0. The number of esters is 2. The number of nitrogens with two attached hydrogens (primary N) is 1. The highest BCUT2D eigenvalue weighted by molar-refractivity contribution is 5.99. The molecule has 7 heteroatoms. The van der Waals surface area contributed by atoms with Gasteiger partial charge in [0.05, 0.1) is 6.33 Å². The van der Waals surface area contributed by atoms with Crippen LogP contribution in [0.1, 0.15) is 16.1 Å². The van der Waals surface area contributed by atoms with Gasteiger partial charge in [-0.3, -0.25) is 0 Å². The fraction of sp³-hybridized carbons (Fsp3) is 0.154. The van der Waals surface area contributed by atoms with E-state index >= 15 is 0 Å². The molecule has 0 amide bonds. The summed E-state index contributed by atoms with van der Waals surface area (Å²) >= 11 is 0. The number of H-pyrrole nitrogens is 1. The summed E-state index contributed by atoms with van der Waals surface area (Å²) in [5, 5.41) is 9.48. The van der Waals surface area contributed by atoms with E-state index in [1.807, 2.05) is 0 Å². The molecule has 1 aromatic carbocycles. The third kappa shape index (κ3) is 3.21. The highest BCUT2D eigenvalue weighted by Gasteiger charge is 2.22. The predicted octanol–water partition coefficient (Wildman–Crippen LogP) is 0.369. The normalized spacial score (nSPS) is 11.8. The number of para-hydroxylation sites is 1. The lowest BCUT2D eigenvalue weighted by Crippen LogP contribution is -2.35. The third-order valence-electron chi connectivity index (χ3n) is 2.61. The number of ether oxygens (including phenoxy) is 1. The highest BCUT2D eigenvalue weighted by Crippen LogP contribution is 2.16. The van der Waals surface area contributed by atoms with Crippen molar-refractivity contribution in [3.8, 4) is 5.75 Å². The van der Waals surface area contributed by atoms with Crippen molar-refractivity contribution in [1.29, 1.82) is 0 Å². The number of nitrogens with zero attached hydrogens (tertiary/aromatic N) is 1. The van der Waals surface area contributed by atoms with E-state index in [-0.39, 0.29) is 17.7 Å². The minimum absolute atomic E-state index is 0.0883. The van der Waals surface area contributed by atoms with Crippen molar-refractivity contribution in [2.75, 3.05) is 0 Å². The zero-order valence-electron chi connectivity index (χ0n) is 10.4. The lowest BCUT2D eigenvalue weighted by Gasteiger charge is -2.09. The smallest absolute Gasteiger partial charge is 0.349 e. The molecule has 0 aliphatic heterocycles. The fourth-order valence-electron chi connectivity index (χ4n) is 1.58. The van der Waals surface area contributed by atoms with Crippen LogP contribution in [0.4, 0.5) is 0 Å². The predicted molar refractivity (Wildman–Crippen MR) is 68.8 cm³/mol. The number of benzene rings is 1. The summed E-state index contributed by atoms with van der Waals surface area (Å²) in [5.41, 5.74) is 6.20. The molecule has 1 atom stereocenters. The second kappa shape index (κ2) is 5.98. The molecule has 2 rings (SSSR count). The molecular weight excluding hydrogens is 262 g/mol. The molecule has 0 spiro atoms. The summed E-state index contributed by atoms with van der Waals surface area (Å²) in [6.07, 6.45) is 3.16. The molecule has 1 heterocycles. The first-order chi connectivity index (χ1) is 9.58. The summed E-state index contributed by atoms with van der Waals surface area (Å²) < 4.78 is 4.63. The van der Waals surface area contributed by atoms with E-state index in [1.165, 1.54) is 24.7 Å². The van der Waals surface area contributed by atoms with Gasteiger partial charge < -0.3 is 20.6 Å². The Labute approximate surface area is 114 Å². The first kappa shape index (κ1) is 13.8. The van der Waals surface area contributed by atoms with Crippen LogP contribution in [-0.2, 0) is 16.0 Å². The molecule has 0 aliphatic rings. The number of hydrogen-bond acceptors (Lipinski definition) is 6. The second-order valence-electron chi connectivity index (χ2n) is 4.11.